The van der Waals surface area contributed by atoms with Crippen LogP contribution >= 0.6 is 10.7 Å². The minimum Gasteiger partial charge on any atom is -0.312 e. The monoisotopic (exact) mass is 198 g/mol. The lowest BCUT2D eigenvalue weighted by Crippen LogP contribution is -2.50. The zero-order chi connectivity index (χ0) is 8.48. The van der Waals surface area contributed by atoms with Crippen molar-refractivity contribution in [2.75, 3.05) is 19.6 Å². The lowest BCUT2D eigenvalue weighted by Gasteiger charge is -2.28. The molecule has 1 atom stereocenters. The van der Waals surface area contributed by atoms with Gasteiger partial charge in [0.05, 0.1) is 0 Å². The van der Waals surface area contributed by atoms with Crippen molar-refractivity contribution in [1.82, 2.24) is 9.62 Å². The Balaban J connectivity index is 2.60. The fourth-order valence-corrected chi connectivity index (χ4v) is 2.18. The van der Waals surface area contributed by atoms with Gasteiger partial charge < -0.3 is 5.32 Å². The molecule has 1 fully saturated rings. The standard InChI is InChI=1S/C5H11ClN2O2S/c1-5-4-8(3-2-7-5)11(6,9)10/h5,7H,2-4H2,1H3/t5-/m1/s1. The van der Waals surface area contributed by atoms with E-state index in [0.29, 0.717) is 19.6 Å². The van der Waals surface area contributed by atoms with Crippen molar-refractivity contribution in [2.24, 2.45) is 0 Å². The molecule has 0 bridgehead atoms. The third-order valence-corrected chi connectivity index (χ3v) is 3.17. The summed E-state index contributed by atoms with van der Waals surface area (Å²) < 4.78 is 22.9. The third kappa shape index (κ3) is 2.59. The fraction of sp³-hybridized carbons (Fsp3) is 1.00. The summed E-state index contributed by atoms with van der Waals surface area (Å²) in [6.45, 7) is 3.53. The highest BCUT2D eigenvalue weighted by Crippen LogP contribution is 2.08. The van der Waals surface area contributed by atoms with E-state index < -0.39 is 9.24 Å². The average Bonchev–Trinajstić information content (AvgIpc) is 1.86. The van der Waals surface area contributed by atoms with E-state index in [9.17, 15) is 8.42 Å². The number of nitrogens with one attached hydrogen (secondary N) is 1. The van der Waals surface area contributed by atoms with E-state index in [-0.39, 0.29) is 6.04 Å². The Labute approximate surface area is 71.1 Å². The second-order valence-corrected chi connectivity index (χ2v) is 5.17. The van der Waals surface area contributed by atoms with Crippen molar-refractivity contribution < 1.29 is 8.42 Å². The normalized spacial score (nSPS) is 28.7. The van der Waals surface area contributed by atoms with Crippen molar-refractivity contribution in [3.63, 3.8) is 0 Å². The Morgan fingerprint density at radius 3 is 2.64 bits per heavy atom. The van der Waals surface area contributed by atoms with Crippen LogP contribution in [-0.4, -0.2) is 38.4 Å². The van der Waals surface area contributed by atoms with Crippen LogP contribution in [0.2, 0.25) is 0 Å². The lowest BCUT2D eigenvalue weighted by atomic mass is 10.3. The molecule has 6 heteroatoms. The molecule has 1 N–H and O–H groups in total. The molecule has 0 radical (unpaired) electrons. The van der Waals surface area contributed by atoms with E-state index in [4.69, 9.17) is 10.7 Å². The number of nitrogens with zero attached hydrogens (tertiary/aromatic N) is 1. The molecule has 0 aromatic heterocycles. The summed E-state index contributed by atoms with van der Waals surface area (Å²) in [5.41, 5.74) is 0. The summed E-state index contributed by atoms with van der Waals surface area (Å²) in [6, 6.07) is 0.192. The first-order valence-corrected chi connectivity index (χ1v) is 5.70. The van der Waals surface area contributed by atoms with Crippen molar-refractivity contribution >= 4 is 19.9 Å². The first kappa shape index (κ1) is 9.25. The highest BCUT2D eigenvalue weighted by atomic mass is 35.7. The van der Waals surface area contributed by atoms with Gasteiger partial charge in [-0.1, -0.05) is 0 Å². The largest absolute Gasteiger partial charge is 0.312 e. The molecule has 0 amide bonds. The van der Waals surface area contributed by atoms with Crippen LogP contribution in [0.1, 0.15) is 6.92 Å². The maximum Gasteiger partial charge on any atom is 0.299 e. The smallest absolute Gasteiger partial charge is 0.299 e. The van der Waals surface area contributed by atoms with Gasteiger partial charge in [0.2, 0.25) is 0 Å². The highest BCUT2D eigenvalue weighted by Gasteiger charge is 2.24. The Morgan fingerprint density at radius 1 is 1.64 bits per heavy atom. The quantitative estimate of drug-likeness (QED) is 0.592. The van der Waals surface area contributed by atoms with Crippen molar-refractivity contribution in [2.45, 2.75) is 13.0 Å². The summed E-state index contributed by atoms with van der Waals surface area (Å²) in [5.74, 6) is 0. The van der Waals surface area contributed by atoms with Crippen LogP contribution in [0, 0.1) is 0 Å². The second kappa shape index (κ2) is 3.26. The first-order valence-electron chi connectivity index (χ1n) is 3.43. The van der Waals surface area contributed by atoms with E-state index >= 15 is 0 Å². The van der Waals surface area contributed by atoms with Crippen LogP contribution in [0.4, 0.5) is 0 Å². The summed E-state index contributed by atoms with van der Waals surface area (Å²) in [7, 11) is 1.65. The molecule has 1 saturated heterocycles. The Morgan fingerprint density at radius 2 is 2.27 bits per heavy atom. The predicted molar refractivity (Wildman–Crippen MR) is 43.8 cm³/mol. The van der Waals surface area contributed by atoms with Gasteiger partial charge in [-0.05, 0) is 6.92 Å². The molecule has 66 valence electrons. The van der Waals surface area contributed by atoms with E-state index in [1.54, 1.807) is 0 Å². The van der Waals surface area contributed by atoms with Crippen molar-refractivity contribution in [1.29, 1.82) is 0 Å². The molecule has 0 aromatic carbocycles. The molecule has 11 heavy (non-hydrogen) atoms. The maximum absolute atomic E-state index is 10.8. The maximum atomic E-state index is 10.8. The van der Waals surface area contributed by atoms with E-state index in [2.05, 4.69) is 5.32 Å². The molecule has 0 aliphatic carbocycles. The van der Waals surface area contributed by atoms with Gasteiger partial charge >= 0.3 is 0 Å². The molecule has 1 rings (SSSR count). The minimum absolute atomic E-state index is 0.192. The van der Waals surface area contributed by atoms with Gasteiger partial charge in [0.25, 0.3) is 9.24 Å². The second-order valence-electron chi connectivity index (χ2n) is 2.66. The van der Waals surface area contributed by atoms with Crippen LogP contribution < -0.4 is 5.32 Å². The predicted octanol–water partition coefficient (Wildman–Crippen LogP) is -0.236. The van der Waals surface area contributed by atoms with Crippen LogP contribution in [-0.2, 0) is 9.24 Å². The first-order chi connectivity index (χ1) is 5.00. The molecule has 4 nitrogen and oxygen atoms in total. The number of piperazine rings is 1. The van der Waals surface area contributed by atoms with Crippen molar-refractivity contribution in [3.05, 3.63) is 0 Å². The van der Waals surface area contributed by atoms with Gasteiger partial charge in [-0.2, -0.15) is 12.7 Å². The van der Waals surface area contributed by atoms with Gasteiger partial charge in [0.15, 0.2) is 0 Å². The van der Waals surface area contributed by atoms with Crippen LogP contribution in [0.3, 0.4) is 0 Å². The third-order valence-electron chi connectivity index (χ3n) is 1.64. The number of hydrogen-bond donors (Lipinski definition) is 1. The van der Waals surface area contributed by atoms with E-state index in [1.165, 1.54) is 4.31 Å². The summed E-state index contributed by atoms with van der Waals surface area (Å²) >= 11 is 0. The minimum atomic E-state index is -3.49. The van der Waals surface area contributed by atoms with Crippen LogP contribution in [0.25, 0.3) is 0 Å². The van der Waals surface area contributed by atoms with Crippen LogP contribution in [0.15, 0.2) is 0 Å². The zero-order valence-corrected chi connectivity index (χ0v) is 7.82. The molecule has 1 aliphatic rings. The fourth-order valence-electron chi connectivity index (χ4n) is 1.10. The number of halogens is 1. The van der Waals surface area contributed by atoms with Crippen LogP contribution in [0.5, 0.6) is 0 Å². The number of rotatable bonds is 1. The SMILES string of the molecule is C[C@@H]1CN(S(=O)(=O)Cl)CCN1. The Hall–Kier alpha value is 0.160. The topological polar surface area (TPSA) is 49.4 Å². The van der Waals surface area contributed by atoms with E-state index in [1.807, 2.05) is 6.92 Å². The highest BCUT2D eigenvalue weighted by molar-refractivity contribution is 8.11. The van der Waals surface area contributed by atoms with Crippen molar-refractivity contribution in [3.8, 4) is 0 Å². The molecular weight excluding hydrogens is 188 g/mol. The van der Waals surface area contributed by atoms with Gasteiger partial charge in [0, 0.05) is 36.4 Å². The van der Waals surface area contributed by atoms with Gasteiger partial charge in [0.1, 0.15) is 0 Å². The average molecular weight is 199 g/mol. The molecule has 0 unspecified atom stereocenters. The van der Waals surface area contributed by atoms with Gasteiger partial charge in [-0.15, -0.1) is 0 Å². The Kier molecular flexibility index (Phi) is 2.74. The van der Waals surface area contributed by atoms with E-state index in [0.717, 1.165) is 0 Å². The molecule has 1 aliphatic heterocycles. The molecule has 1 heterocycles. The molecule has 0 spiro atoms. The Bertz CT molecular complexity index is 229. The summed E-state index contributed by atoms with van der Waals surface area (Å²) in [4.78, 5) is 0. The molecular formula is C5H11ClN2O2S. The zero-order valence-electron chi connectivity index (χ0n) is 6.25. The van der Waals surface area contributed by atoms with Gasteiger partial charge in [-0.3, -0.25) is 0 Å². The number of hydrogen-bond acceptors (Lipinski definition) is 3. The van der Waals surface area contributed by atoms with Gasteiger partial charge in [-0.25, -0.2) is 0 Å². The molecule has 0 saturated carbocycles. The lowest BCUT2D eigenvalue weighted by molar-refractivity contribution is 0.315. The molecule has 0 aromatic rings. The summed E-state index contributed by atoms with van der Waals surface area (Å²) in [5, 5.41) is 3.12. The summed E-state index contributed by atoms with van der Waals surface area (Å²) in [6.07, 6.45) is 0.